The van der Waals surface area contributed by atoms with Crippen molar-refractivity contribution in [2.24, 2.45) is 0 Å². The maximum atomic E-state index is 12.4. The number of aliphatic hydroxyl groups excluding tert-OH is 1. The number of carbonyl (C=O) groups excluding carboxylic acids is 1. The molecule has 1 atom stereocenters. The van der Waals surface area contributed by atoms with Gasteiger partial charge < -0.3 is 24.4 Å². The van der Waals surface area contributed by atoms with E-state index < -0.39 is 6.10 Å². The van der Waals surface area contributed by atoms with E-state index in [1.165, 1.54) is 27.7 Å². The molecule has 1 aliphatic rings. The van der Waals surface area contributed by atoms with E-state index in [2.05, 4.69) is 35.2 Å². The van der Waals surface area contributed by atoms with Crippen LogP contribution in [-0.4, -0.2) is 74.4 Å². The van der Waals surface area contributed by atoms with Crippen LogP contribution < -0.4 is 9.47 Å². The molecule has 1 N–H and O–H groups in total. The van der Waals surface area contributed by atoms with Gasteiger partial charge in [-0.2, -0.15) is 0 Å². The molecular weight excluding hydrogens is 484 g/mol. The number of fused-ring (bicyclic) bond motifs is 2. The van der Waals surface area contributed by atoms with E-state index >= 15 is 0 Å². The number of carbonyl (C=O) groups is 1. The first-order valence-electron chi connectivity index (χ1n) is 12.8. The fraction of sp³-hybridized carbons (Fsp3) is 0.367. The largest absolute Gasteiger partial charge is 0.497 e. The molecule has 0 saturated carbocycles. The summed E-state index contributed by atoms with van der Waals surface area (Å²) in [6.07, 6.45) is 1.57. The molecule has 0 radical (unpaired) electrons. The lowest BCUT2D eigenvalue weighted by Gasteiger charge is -2.33. The number of thiophene rings is 1. The van der Waals surface area contributed by atoms with Crippen LogP contribution >= 0.6 is 11.3 Å². The van der Waals surface area contributed by atoms with Crippen LogP contribution in [0, 0.1) is 0 Å². The Morgan fingerprint density at radius 2 is 1.84 bits per heavy atom. The molecule has 2 heterocycles. The summed E-state index contributed by atoms with van der Waals surface area (Å²) in [7, 11) is 5.20. The number of ether oxygens (including phenoxy) is 2. The molecule has 0 spiro atoms. The van der Waals surface area contributed by atoms with Crippen LogP contribution in [0.2, 0.25) is 0 Å². The van der Waals surface area contributed by atoms with Gasteiger partial charge in [0.15, 0.2) is 0 Å². The average molecular weight is 519 g/mol. The summed E-state index contributed by atoms with van der Waals surface area (Å²) in [6, 6.07) is 20.7. The first-order chi connectivity index (χ1) is 17.9. The molecule has 0 aliphatic carbocycles. The Morgan fingerprint density at radius 3 is 2.59 bits per heavy atom. The Bertz CT molecular complexity index is 1390. The molecule has 0 bridgehead atoms. The molecule has 3 aromatic carbocycles. The second kappa shape index (κ2) is 11.1. The molecule has 6 nitrogen and oxygen atoms in total. The van der Waals surface area contributed by atoms with E-state index in [-0.39, 0.29) is 12.5 Å². The van der Waals surface area contributed by atoms with Gasteiger partial charge in [-0.15, -0.1) is 11.3 Å². The van der Waals surface area contributed by atoms with Crippen molar-refractivity contribution in [3.05, 3.63) is 71.1 Å². The highest BCUT2D eigenvalue weighted by Gasteiger charge is 2.23. The molecule has 1 aromatic heterocycles. The summed E-state index contributed by atoms with van der Waals surface area (Å²) in [5.41, 5.74) is 1.39. The first-order valence-corrected chi connectivity index (χ1v) is 13.6. The lowest BCUT2D eigenvalue weighted by molar-refractivity contribution is 0.0599. The third kappa shape index (κ3) is 5.74. The van der Waals surface area contributed by atoms with Gasteiger partial charge in [0.05, 0.1) is 12.0 Å². The predicted octanol–water partition coefficient (Wildman–Crippen LogP) is 5.38. The van der Waals surface area contributed by atoms with E-state index in [1.807, 2.05) is 30.3 Å². The second-order valence-corrected chi connectivity index (χ2v) is 11.1. The minimum absolute atomic E-state index is 0.0143. The number of hydrogen-bond donors (Lipinski definition) is 1. The van der Waals surface area contributed by atoms with Crippen molar-refractivity contribution >= 4 is 38.1 Å². The van der Waals surface area contributed by atoms with Gasteiger partial charge in [-0.05, 0) is 78.5 Å². The highest BCUT2D eigenvalue weighted by atomic mass is 32.1. The molecule has 0 unspecified atom stereocenters. The summed E-state index contributed by atoms with van der Waals surface area (Å²) < 4.78 is 12.4. The number of benzene rings is 3. The number of likely N-dealkylation sites (tertiary alicyclic amines) is 1. The van der Waals surface area contributed by atoms with E-state index in [4.69, 9.17) is 9.47 Å². The minimum Gasteiger partial charge on any atom is -0.497 e. The zero-order valence-electron chi connectivity index (χ0n) is 21.6. The molecule has 5 rings (SSSR count). The summed E-state index contributed by atoms with van der Waals surface area (Å²) in [5.74, 6) is 2.11. The van der Waals surface area contributed by atoms with Gasteiger partial charge in [-0.1, -0.05) is 30.3 Å². The summed E-state index contributed by atoms with van der Waals surface area (Å²) in [6.45, 7) is 2.73. The number of piperidine rings is 1. The number of rotatable bonds is 8. The Hall–Kier alpha value is -3.13. The van der Waals surface area contributed by atoms with Gasteiger partial charge in [-0.25, -0.2) is 0 Å². The van der Waals surface area contributed by atoms with Gasteiger partial charge >= 0.3 is 0 Å². The summed E-state index contributed by atoms with van der Waals surface area (Å²) in [4.78, 5) is 16.9. The third-order valence-corrected chi connectivity index (χ3v) is 8.26. The van der Waals surface area contributed by atoms with Gasteiger partial charge in [0.1, 0.15) is 24.2 Å². The maximum Gasteiger partial charge on any atom is 0.263 e. The molecule has 4 aromatic rings. The van der Waals surface area contributed by atoms with Crippen molar-refractivity contribution in [2.45, 2.75) is 24.9 Å². The number of amides is 1. The molecule has 1 aliphatic heterocycles. The van der Waals surface area contributed by atoms with Crippen molar-refractivity contribution < 1.29 is 19.4 Å². The molecule has 1 amide bonds. The monoisotopic (exact) mass is 518 g/mol. The zero-order chi connectivity index (χ0) is 25.9. The number of β-amino-alcohol motifs (C(OH)–C–C–N with tert-alkyl or cyclic N) is 1. The van der Waals surface area contributed by atoms with Crippen molar-refractivity contribution in [1.82, 2.24) is 9.80 Å². The van der Waals surface area contributed by atoms with Crippen LogP contribution in [0.5, 0.6) is 11.5 Å². The van der Waals surface area contributed by atoms with Crippen LogP contribution in [0.15, 0.2) is 60.7 Å². The van der Waals surface area contributed by atoms with E-state index in [0.717, 1.165) is 41.8 Å². The van der Waals surface area contributed by atoms with E-state index in [9.17, 15) is 9.90 Å². The topological polar surface area (TPSA) is 62.2 Å². The smallest absolute Gasteiger partial charge is 0.263 e. The number of aliphatic hydroxyl groups is 1. The van der Waals surface area contributed by atoms with E-state index in [1.54, 1.807) is 26.1 Å². The summed E-state index contributed by atoms with van der Waals surface area (Å²) in [5, 5.41) is 14.1. The minimum atomic E-state index is -0.580. The van der Waals surface area contributed by atoms with E-state index in [0.29, 0.717) is 23.1 Å². The Morgan fingerprint density at radius 1 is 1.08 bits per heavy atom. The number of hydrogen-bond acceptors (Lipinski definition) is 6. The highest BCUT2D eigenvalue weighted by molar-refractivity contribution is 7.20. The Kier molecular flexibility index (Phi) is 7.65. The van der Waals surface area contributed by atoms with Crippen molar-refractivity contribution in [3.8, 4) is 11.5 Å². The normalized spacial score (nSPS) is 15.7. The molecule has 7 heteroatoms. The van der Waals surface area contributed by atoms with Crippen LogP contribution in [0.25, 0.3) is 20.9 Å². The van der Waals surface area contributed by atoms with Crippen LogP contribution in [0.4, 0.5) is 0 Å². The SMILES string of the molecule is COc1ccc2cc(C3CCN(C[C@H](O)COc4cccc5sc(C(=O)N(C)C)cc45)CC3)ccc2c1. The first kappa shape index (κ1) is 25.5. The lowest BCUT2D eigenvalue weighted by Crippen LogP contribution is -2.40. The number of methoxy groups -OCH3 is 1. The second-order valence-electron chi connectivity index (χ2n) is 9.99. The van der Waals surface area contributed by atoms with Gasteiger partial charge in [-0.3, -0.25) is 4.79 Å². The van der Waals surface area contributed by atoms with Gasteiger partial charge in [0.2, 0.25) is 0 Å². The van der Waals surface area contributed by atoms with Crippen molar-refractivity contribution in [1.29, 1.82) is 0 Å². The third-order valence-electron chi connectivity index (χ3n) is 7.17. The molecular formula is C30H34N2O4S. The van der Waals surface area contributed by atoms with Crippen LogP contribution in [0.1, 0.15) is 34.0 Å². The van der Waals surface area contributed by atoms with Gasteiger partial charge in [0.25, 0.3) is 5.91 Å². The fourth-order valence-electron chi connectivity index (χ4n) is 5.09. The van der Waals surface area contributed by atoms with Crippen molar-refractivity contribution in [3.63, 3.8) is 0 Å². The zero-order valence-corrected chi connectivity index (χ0v) is 22.5. The van der Waals surface area contributed by atoms with Crippen LogP contribution in [0.3, 0.4) is 0 Å². The lowest BCUT2D eigenvalue weighted by atomic mass is 9.88. The number of nitrogens with zero attached hydrogens (tertiary/aromatic N) is 2. The Labute approximate surface area is 222 Å². The maximum absolute atomic E-state index is 12.4. The molecule has 1 saturated heterocycles. The Balaban J connectivity index is 1.14. The molecule has 37 heavy (non-hydrogen) atoms. The van der Waals surface area contributed by atoms with Gasteiger partial charge in [0, 0.05) is 30.7 Å². The van der Waals surface area contributed by atoms with Crippen molar-refractivity contribution in [2.75, 3.05) is 47.4 Å². The average Bonchev–Trinajstić information content (AvgIpc) is 3.36. The van der Waals surface area contributed by atoms with Crippen LogP contribution in [-0.2, 0) is 0 Å². The standard InChI is InChI=1S/C30H34N2O4S/c1-31(2)30(34)29-17-26-27(5-4-6-28(26)37-29)36-19-24(33)18-32-13-11-20(12-14-32)21-7-8-23-16-25(35-3)10-9-22(23)15-21/h4-10,15-17,20,24,33H,11-14,18-19H2,1-3H3/t24-/m0/s1. The fourth-order valence-corrected chi connectivity index (χ4v) is 6.19. The molecule has 194 valence electrons. The quantitative estimate of drug-likeness (QED) is 0.339. The molecule has 1 fully saturated rings. The predicted molar refractivity (Wildman–Crippen MR) is 150 cm³/mol. The highest BCUT2D eigenvalue weighted by Crippen LogP contribution is 2.34. The summed E-state index contributed by atoms with van der Waals surface area (Å²) >= 11 is 1.46.